The number of hydrogen-bond donors (Lipinski definition) is 2. The SMILES string of the molecule is Cc1ccc(C(=O)Nc2cccc(N3CCOCC3)c2)cc1-c1cnc2sc(N)nc2c1. The van der Waals surface area contributed by atoms with Gasteiger partial charge in [0.2, 0.25) is 0 Å². The molecular formula is C24H23N5O2S. The largest absolute Gasteiger partial charge is 0.378 e. The number of thiazole rings is 1. The van der Waals surface area contributed by atoms with Crippen LogP contribution in [0.2, 0.25) is 0 Å². The number of amides is 1. The lowest BCUT2D eigenvalue weighted by Crippen LogP contribution is -2.36. The number of fused-ring (bicyclic) bond motifs is 1. The molecule has 0 unspecified atom stereocenters. The summed E-state index contributed by atoms with van der Waals surface area (Å²) in [7, 11) is 0. The minimum Gasteiger partial charge on any atom is -0.378 e. The molecule has 5 rings (SSSR count). The van der Waals surface area contributed by atoms with E-state index < -0.39 is 0 Å². The summed E-state index contributed by atoms with van der Waals surface area (Å²) in [5.74, 6) is -0.155. The van der Waals surface area contributed by atoms with Gasteiger partial charge in [-0.25, -0.2) is 9.97 Å². The van der Waals surface area contributed by atoms with Crippen molar-refractivity contribution in [2.24, 2.45) is 0 Å². The highest BCUT2D eigenvalue weighted by atomic mass is 32.1. The third kappa shape index (κ3) is 4.15. The normalized spacial score (nSPS) is 14.0. The number of rotatable bonds is 4. The molecule has 3 heterocycles. The number of benzene rings is 2. The molecule has 0 aliphatic carbocycles. The van der Waals surface area contributed by atoms with Gasteiger partial charge in [0, 0.05) is 41.8 Å². The average molecular weight is 446 g/mol. The van der Waals surface area contributed by atoms with E-state index in [1.165, 1.54) is 11.3 Å². The zero-order valence-corrected chi connectivity index (χ0v) is 18.5. The van der Waals surface area contributed by atoms with E-state index in [1.807, 2.05) is 49.4 Å². The summed E-state index contributed by atoms with van der Waals surface area (Å²) in [6.07, 6.45) is 1.80. The molecule has 0 spiro atoms. The van der Waals surface area contributed by atoms with Crippen LogP contribution >= 0.6 is 11.3 Å². The Labute approximate surface area is 189 Å². The summed E-state index contributed by atoms with van der Waals surface area (Å²) in [6, 6.07) is 15.6. The number of nitrogens with zero attached hydrogens (tertiary/aromatic N) is 3. The van der Waals surface area contributed by atoms with Crippen LogP contribution in [0.25, 0.3) is 21.5 Å². The Morgan fingerprint density at radius 2 is 2.00 bits per heavy atom. The Morgan fingerprint density at radius 1 is 1.16 bits per heavy atom. The van der Waals surface area contributed by atoms with E-state index >= 15 is 0 Å². The first kappa shape index (κ1) is 20.4. The number of nitrogen functional groups attached to an aromatic ring is 1. The molecule has 3 N–H and O–H groups in total. The Morgan fingerprint density at radius 3 is 2.84 bits per heavy atom. The molecule has 32 heavy (non-hydrogen) atoms. The third-order valence-electron chi connectivity index (χ3n) is 5.56. The van der Waals surface area contributed by atoms with Gasteiger partial charge in [-0.3, -0.25) is 4.79 Å². The van der Waals surface area contributed by atoms with Crippen LogP contribution in [0.5, 0.6) is 0 Å². The van der Waals surface area contributed by atoms with E-state index in [9.17, 15) is 4.79 Å². The molecular weight excluding hydrogens is 422 g/mol. The second kappa shape index (κ2) is 8.57. The van der Waals surface area contributed by atoms with Gasteiger partial charge in [-0.1, -0.05) is 23.5 Å². The number of nitrogens with two attached hydrogens (primary N) is 1. The molecule has 1 aliphatic rings. The van der Waals surface area contributed by atoms with E-state index in [4.69, 9.17) is 10.5 Å². The van der Waals surface area contributed by atoms with E-state index in [1.54, 1.807) is 6.20 Å². The Bertz CT molecular complexity index is 1300. The maximum atomic E-state index is 13.0. The van der Waals surface area contributed by atoms with Crippen molar-refractivity contribution in [2.75, 3.05) is 42.3 Å². The quantitative estimate of drug-likeness (QED) is 0.485. The van der Waals surface area contributed by atoms with E-state index in [0.717, 1.165) is 64.7 Å². The summed E-state index contributed by atoms with van der Waals surface area (Å²) in [4.78, 5) is 24.9. The van der Waals surface area contributed by atoms with Gasteiger partial charge < -0.3 is 20.7 Å². The van der Waals surface area contributed by atoms with Gasteiger partial charge in [0.1, 0.15) is 10.3 Å². The lowest BCUT2D eigenvalue weighted by molar-refractivity contribution is 0.102. The number of ether oxygens (including phenoxy) is 1. The maximum absolute atomic E-state index is 13.0. The maximum Gasteiger partial charge on any atom is 0.255 e. The Kier molecular flexibility index (Phi) is 5.46. The molecule has 1 amide bonds. The van der Waals surface area contributed by atoms with E-state index in [-0.39, 0.29) is 5.91 Å². The summed E-state index contributed by atoms with van der Waals surface area (Å²) in [6.45, 7) is 5.15. The van der Waals surface area contributed by atoms with Gasteiger partial charge in [-0.2, -0.15) is 0 Å². The van der Waals surface area contributed by atoms with Gasteiger partial charge in [-0.15, -0.1) is 0 Å². The number of carbonyl (C=O) groups excluding carboxylic acids is 1. The number of pyridine rings is 1. The lowest BCUT2D eigenvalue weighted by atomic mass is 9.99. The van der Waals surface area contributed by atoms with E-state index in [0.29, 0.717) is 10.7 Å². The van der Waals surface area contributed by atoms with Gasteiger partial charge in [0.25, 0.3) is 5.91 Å². The second-order valence-electron chi connectivity index (χ2n) is 7.73. The average Bonchev–Trinajstić information content (AvgIpc) is 3.19. The smallest absolute Gasteiger partial charge is 0.255 e. The Hall–Kier alpha value is -3.49. The minimum atomic E-state index is -0.155. The molecule has 1 aliphatic heterocycles. The number of anilines is 3. The molecule has 2 aromatic heterocycles. The van der Waals surface area contributed by atoms with Crippen LogP contribution in [-0.2, 0) is 4.74 Å². The lowest BCUT2D eigenvalue weighted by Gasteiger charge is -2.29. The predicted octanol–water partition coefficient (Wildman–Crippen LogP) is 4.34. The first-order chi connectivity index (χ1) is 15.6. The molecule has 1 fully saturated rings. The van der Waals surface area contributed by atoms with Gasteiger partial charge in [0.05, 0.1) is 13.2 Å². The first-order valence-corrected chi connectivity index (χ1v) is 11.3. The van der Waals surface area contributed by atoms with Crippen LogP contribution in [0, 0.1) is 6.92 Å². The van der Waals surface area contributed by atoms with Crippen LogP contribution in [0.3, 0.4) is 0 Å². The highest BCUT2D eigenvalue weighted by Crippen LogP contribution is 2.29. The molecule has 0 radical (unpaired) electrons. The molecule has 162 valence electrons. The second-order valence-corrected chi connectivity index (χ2v) is 8.74. The standard InChI is InChI=1S/C24H23N5O2S/c1-15-5-6-16(11-20(15)17-12-21-23(26-14-17)32-24(25)28-21)22(30)27-18-3-2-4-19(13-18)29-7-9-31-10-8-29/h2-6,11-14H,7-10H2,1H3,(H2,25,28)(H,27,30). The van der Waals surface area contributed by atoms with Crippen molar-refractivity contribution in [1.82, 2.24) is 9.97 Å². The third-order valence-corrected chi connectivity index (χ3v) is 6.36. The molecule has 0 saturated carbocycles. The molecule has 1 saturated heterocycles. The zero-order valence-electron chi connectivity index (χ0n) is 17.7. The van der Waals surface area contributed by atoms with Crippen molar-refractivity contribution < 1.29 is 9.53 Å². The zero-order chi connectivity index (χ0) is 22.1. The number of morpholine rings is 1. The highest BCUT2D eigenvalue weighted by molar-refractivity contribution is 7.21. The first-order valence-electron chi connectivity index (χ1n) is 10.4. The van der Waals surface area contributed by atoms with Crippen LogP contribution in [0.15, 0.2) is 54.7 Å². The monoisotopic (exact) mass is 445 g/mol. The summed E-state index contributed by atoms with van der Waals surface area (Å²) in [5, 5.41) is 3.52. The molecule has 8 heteroatoms. The minimum absolute atomic E-state index is 0.155. The van der Waals surface area contributed by atoms with Crippen LogP contribution < -0.4 is 16.0 Å². The van der Waals surface area contributed by atoms with Crippen LogP contribution in [0.1, 0.15) is 15.9 Å². The van der Waals surface area contributed by atoms with Crippen molar-refractivity contribution >= 4 is 44.1 Å². The predicted molar refractivity (Wildman–Crippen MR) is 129 cm³/mol. The molecule has 4 aromatic rings. The number of hydrogen-bond acceptors (Lipinski definition) is 7. The van der Waals surface area contributed by atoms with Crippen molar-refractivity contribution in [2.45, 2.75) is 6.92 Å². The van der Waals surface area contributed by atoms with Gasteiger partial charge in [0.15, 0.2) is 5.13 Å². The Balaban J connectivity index is 1.39. The topological polar surface area (TPSA) is 93.4 Å². The van der Waals surface area contributed by atoms with Crippen LogP contribution in [-0.4, -0.2) is 42.2 Å². The molecule has 0 atom stereocenters. The van der Waals surface area contributed by atoms with Crippen molar-refractivity contribution in [3.63, 3.8) is 0 Å². The van der Waals surface area contributed by atoms with Crippen molar-refractivity contribution in [3.05, 3.63) is 65.9 Å². The number of nitrogens with one attached hydrogen (secondary N) is 1. The molecule has 2 aromatic carbocycles. The van der Waals surface area contributed by atoms with Crippen molar-refractivity contribution in [3.8, 4) is 11.1 Å². The molecule has 0 bridgehead atoms. The van der Waals surface area contributed by atoms with Crippen LogP contribution in [0.4, 0.5) is 16.5 Å². The van der Waals surface area contributed by atoms with Crippen molar-refractivity contribution in [1.29, 1.82) is 0 Å². The summed E-state index contributed by atoms with van der Waals surface area (Å²) < 4.78 is 5.43. The van der Waals surface area contributed by atoms with Gasteiger partial charge >= 0.3 is 0 Å². The summed E-state index contributed by atoms with van der Waals surface area (Å²) in [5.41, 5.74) is 11.9. The number of carbonyl (C=O) groups is 1. The summed E-state index contributed by atoms with van der Waals surface area (Å²) >= 11 is 1.36. The molecule has 7 nitrogen and oxygen atoms in total. The number of aryl methyl sites for hydroxylation is 1. The fourth-order valence-corrected chi connectivity index (χ4v) is 4.52. The fourth-order valence-electron chi connectivity index (χ4n) is 3.87. The number of aromatic nitrogens is 2. The highest BCUT2D eigenvalue weighted by Gasteiger charge is 2.14. The fraction of sp³-hybridized carbons (Fsp3) is 0.208. The van der Waals surface area contributed by atoms with Gasteiger partial charge in [-0.05, 0) is 54.4 Å². The van der Waals surface area contributed by atoms with E-state index in [2.05, 4.69) is 26.3 Å².